The molecule has 1 aliphatic heterocycles. The largest absolute Gasteiger partial charge is 0.369 e. The van der Waals surface area contributed by atoms with Crippen LogP contribution in [0.1, 0.15) is 45.2 Å². The molecule has 152 valence electrons. The van der Waals surface area contributed by atoms with Gasteiger partial charge in [-0.25, -0.2) is 0 Å². The Hall–Kier alpha value is -1.35. The zero-order chi connectivity index (χ0) is 19.0. The molecule has 4 N–H and O–H groups in total. The molecule has 0 aromatic heterocycles. The zero-order valence-corrected chi connectivity index (χ0v) is 19.0. The van der Waals surface area contributed by atoms with Gasteiger partial charge in [-0.1, -0.05) is 30.3 Å². The van der Waals surface area contributed by atoms with Crippen LogP contribution in [-0.2, 0) is 4.79 Å². The van der Waals surface area contributed by atoms with E-state index in [0.717, 1.165) is 32.1 Å². The van der Waals surface area contributed by atoms with Crippen LogP contribution in [0.25, 0.3) is 0 Å². The first-order valence-electron chi connectivity index (χ1n) is 9.55. The molecule has 1 amide bonds. The fourth-order valence-corrected chi connectivity index (χ4v) is 3.08. The van der Waals surface area contributed by atoms with Crippen molar-refractivity contribution in [3.05, 3.63) is 35.9 Å². The highest BCUT2D eigenvalue weighted by atomic mass is 127. The highest BCUT2D eigenvalue weighted by molar-refractivity contribution is 14.0. The monoisotopic (exact) mass is 487 g/mol. The number of carbonyl (C=O) groups is 1. The van der Waals surface area contributed by atoms with Crippen molar-refractivity contribution >= 4 is 35.8 Å². The lowest BCUT2D eigenvalue weighted by Crippen LogP contribution is -2.43. The summed E-state index contributed by atoms with van der Waals surface area (Å²) in [5.74, 6) is 0.387. The standard InChI is InChI=1S/C20H33N5O.HI/c1-4-22-19(24-15-20(2,3)18(21)26)23-14-17(25-12-8-9-13-25)16-10-6-5-7-11-16;/h5-7,10-11,17H,4,8-9,12-15H2,1-3H3,(H2,21,26)(H2,22,23,24);1H. The molecule has 0 aliphatic carbocycles. The van der Waals surface area contributed by atoms with Gasteiger partial charge in [0.15, 0.2) is 5.96 Å². The summed E-state index contributed by atoms with van der Waals surface area (Å²) in [4.78, 5) is 18.6. The van der Waals surface area contributed by atoms with Gasteiger partial charge >= 0.3 is 0 Å². The number of nitrogens with zero attached hydrogens (tertiary/aromatic N) is 2. The number of primary amides is 1. The molecule has 1 saturated heterocycles. The molecule has 1 atom stereocenters. The van der Waals surface area contributed by atoms with Crippen LogP contribution < -0.4 is 16.4 Å². The SMILES string of the molecule is CCNC(=NCC(C)(C)C(N)=O)NCC(c1ccccc1)N1CCCC1.I. The van der Waals surface area contributed by atoms with Gasteiger partial charge in [-0.3, -0.25) is 14.7 Å². The van der Waals surface area contributed by atoms with Crippen LogP contribution in [0, 0.1) is 5.41 Å². The molecule has 0 spiro atoms. The van der Waals surface area contributed by atoms with Crippen molar-refractivity contribution in [3.63, 3.8) is 0 Å². The van der Waals surface area contributed by atoms with Gasteiger partial charge in [0.1, 0.15) is 0 Å². The molecule has 1 aromatic carbocycles. The maximum atomic E-state index is 11.5. The summed E-state index contributed by atoms with van der Waals surface area (Å²) in [6, 6.07) is 10.9. The molecular formula is C20H34IN5O. The Balaban J connectivity index is 0.00000364. The smallest absolute Gasteiger partial charge is 0.224 e. The van der Waals surface area contributed by atoms with Crippen molar-refractivity contribution in [2.75, 3.05) is 32.7 Å². The van der Waals surface area contributed by atoms with Gasteiger partial charge < -0.3 is 16.4 Å². The van der Waals surface area contributed by atoms with E-state index in [1.807, 2.05) is 20.8 Å². The molecule has 1 unspecified atom stereocenters. The summed E-state index contributed by atoms with van der Waals surface area (Å²) in [6.45, 7) is 9.82. The van der Waals surface area contributed by atoms with E-state index in [2.05, 4.69) is 50.9 Å². The van der Waals surface area contributed by atoms with E-state index < -0.39 is 5.41 Å². The Kier molecular flexibility index (Phi) is 10.1. The predicted octanol–water partition coefficient (Wildman–Crippen LogP) is 2.51. The van der Waals surface area contributed by atoms with Crippen molar-refractivity contribution in [3.8, 4) is 0 Å². The van der Waals surface area contributed by atoms with Gasteiger partial charge in [-0.2, -0.15) is 0 Å². The van der Waals surface area contributed by atoms with Crippen LogP contribution in [-0.4, -0.2) is 49.5 Å². The number of rotatable bonds is 8. The number of nitrogens with two attached hydrogens (primary N) is 1. The van der Waals surface area contributed by atoms with Crippen LogP contribution in [0.5, 0.6) is 0 Å². The number of benzene rings is 1. The van der Waals surface area contributed by atoms with Crippen LogP contribution >= 0.6 is 24.0 Å². The van der Waals surface area contributed by atoms with Gasteiger partial charge in [0.25, 0.3) is 0 Å². The van der Waals surface area contributed by atoms with Crippen molar-refractivity contribution < 1.29 is 4.79 Å². The summed E-state index contributed by atoms with van der Waals surface area (Å²) in [7, 11) is 0. The molecular weight excluding hydrogens is 453 g/mol. The quantitative estimate of drug-likeness (QED) is 0.299. The van der Waals surface area contributed by atoms with E-state index in [4.69, 9.17) is 5.73 Å². The molecule has 0 bridgehead atoms. The van der Waals surface area contributed by atoms with E-state index in [9.17, 15) is 4.79 Å². The Morgan fingerprint density at radius 3 is 2.41 bits per heavy atom. The molecule has 1 aromatic rings. The fourth-order valence-electron chi connectivity index (χ4n) is 3.08. The number of amides is 1. The van der Waals surface area contributed by atoms with Crippen LogP contribution in [0.15, 0.2) is 35.3 Å². The fraction of sp³-hybridized carbons (Fsp3) is 0.600. The van der Waals surface area contributed by atoms with Crippen molar-refractivity contribution in [2.45, 2.75) is 39.7 Å². The number of hydrogen-bond donors (Lipinski definition) is 3. The van der Waals surface area contributed by atoms with E-state index in [-0.39, 0.29) is 29.9 Å². The van der Waals surface area contributed by atoms with Gasteiger partial charge in [0.05, 0.1) is 18.0 Å². The highest BCUT2D eigenvalue weighted by Crippen LogP contribution is 2.24. The van der Waals surface area contributed by atoms with Crippen LogP contribution in [0.3, 0.4) is 0 Å². The number of carbonyl (C=O) groups excluding carboxylic acids is 1. The molecule has 1 heterocycles. The normalized spacial score (nSPS) is 16.5. The molecule has 7 heteroatoms. The lowest BCUT2D eigenvalue weighted by Gasteiger charge is -2.29. The second kappa shape index (κ2) is 11.5. The van der Waals surface area contributed by atoms with E-state index in [1.165, 1.54) is 18.4 Å². The molecule has 27 heavy (non-hydrogen) atoms. The first kappa shape index (κ1) is 23.7. The molecule has 0 radical (unpaired) electrons. The number of aliphatic imine (C=N–C) groups is 1. The Labute approximate surface area is 180 Å². The zero-order valence-electron chi connectivity index (χ0n) is 16.7. The van der Waals surface area contributed by atoms with E-state index in [1.54, 1.807) is 0 Å². The molecule has 6 nitrogen and oxygen atoms in total. The Morgan fingerprint density at radius 1 is 1.22 bits per heavy atom. The van der Waals surface area contributed by atoms with Crippen LogP contribution in [0.4, 0.5) is 0 Å². The lowest BCUT2D eigenvalue weighted by molar-refractivity contribution is -0.125. The minimum atomic E-state index is -0.657. The minimum absolute atomic E-state index is 0. The first-order valence-corrected chi connectivity index (χ1v) is 9.55. The van der Waals surface area contributed by atoms with Gasteiger partial charge in [0.2, 0.25) is 5.91 Å². The summed E-state index contributed by atoms with van der Waals surface area (Å²) < 4.78 is 0. The van der Waals surface area contributed by atoms with Crippen LogP contribution in [0.2, 0.25) is 0 Å². The number of guanidine groups is 1. The summed E-state index contributed by atoms with van der Waals surface area (Å²) in [5.41, 5.74) is 6.11. The van der Waals surface area contributed by atoms with Crippen molar-refractivity contribution in [1.82, 2.24) is 15.5 Å². The Bertz CT molecular complexity index is 600. The number of nitrogens with one attached hydrogen (secondary N) is 2. The summed E-state index contributed by atoms with van der Waals surface area (Å²) in [6.07, 6.45) is 2.51. The first-order chi connectivity index (χ1) is 12.4. The maximum Gasteiger partial charge on any atom is 0.224 e. The predicted molar refractivity (Wildman–Crippen MR) is 122 cm³/mol. The van der Waals surface area contributed by atoms with Gasteiger partial charge in [-0.15, -0.1) is 24.0 Å². The molecule has 1 fully saturated rings. The number of halogens is 1. The van der Waals surface area contributed by atoms with Crippen molar-refractivity contribution in [2.24, 2.45) is 16.1 Å². The van der Waals surface area contributed by atoms with E-state index in [0.29, 0.717) is 12.6 Å². The van der Waals surface area contributed by atoms with E-state index >= 15 is 0 Å². The van der Waals surface area contributed by atoms with Crippen molar-refractivity contribution in [1.29, 1.82) is 0 Å². The highest BCUT2D eigenvalue weighted by Gasteiger charge is 2.26. The molecule has 1 aliphatic rings. The third-order valence-corrected chi connectivity index (χ3v) is 4.87. The number of hydrogen-bond acceptors (Lipinski definition) is 3. The van der Waals surface area contributed by atoms with Gasteiger partial charge in [-0.05, 0) is 52.3 Å². The maximum absolute atomic E-state index is 11.5. The summed E-state index contributed by atoms with van der Waals surface area (Å²) >= 11 is 0. The minimum Gasteiger partial charge on any atom is -0.369 e. The average Bonchev–Trinajstić information content (AvgIpc) is 3.15. The molecule has 2 rings (SSSR count). The third-order valence-electron chi connectivity index (χ3n) is 4.87. The lowest BCUT2D eigenvalue weighted by atomic mass is 9.93. The average molecular weight is 487 g/mol. The summed E-state index contributed by atoms with van der Waals surface area (Å²) in [5, 5.41) is 6.71. The Morgan fingerprint density at radius 2 is 1.85 bits per heavy atom. The molecule has 0 saturated carbocycles. The number of likely N-dealkylation sites (tertiary alicyclic amines) is 1. The second-order valence-electron chi connectivity index (χ2n) is 7.49. The second-order valence-corrected chi connectivity index (χ2v) is 7.49. The van der Waals surface area contributed by atoms with Gasteiger partial charge in [0, 0.05) is 13.1 Å². The topological polar surface area (TPSA) is 82.7 Å². The third kappa shape index (κ3) is 7.29.